The lowest BCUT2D eigenvalue weighted by Crippen LogP contribution is -2.05. The summed E-state index contributed by atoms with van der Waals surface area (Å²) in [4.78, 5) is 9.18. The summed E-state index contributed by atoms with van der Waals surface area (Å²) in [7, 11) is 1.94. The summed E-state index contributed by atoms with van der Waals surface area (Å²) in [6, 6.07) is 14.1. The number of hydrogen-bond acceptors (Lipinski definition) is 4. The van der Waals surface area contributed by atoms with Gasteiger partial charge in [-0.15, -0.1) is 0 Å². The molecule has 0 saturated heterocycles. The second-order valence-electron chi connectivity index (χ2n) is 6.22. The molecule has 6 heteroatoms. The first-order valence-electron chi connectivity index (χ1n) is 8.39. The molecular formula is C19H20N6. The van der Waals surface area contributed by atoms with Gasteiger partial charge in [0.15, 0.2) is 11.5 Å². The van der Waals surface area contributed by atoms with E-state index in [-0.39, 0.29) is 0 Å². The molecule has 0 aliphatic rings. The number of nitrogens with zero attached hydrogens (tertiary/aromatic N) is 6. The van der Waals surface area contributed by atoms with Crippen LogP contribution in [0.15, 0.2) is 42.5 Å². The minimum absolute atomic E-state index is 0.766. The fourth-order valence-electron chi connectivity index (χ4n) is 2.91. The van der Waals surface area contributed by atoms with E-state index in [2.05, 4.69) is 15.1 Å². The van der Waals surface area contributed by atoms with E-state index in [9.17, 15) is 0 Å². The molecule has 1 aromatic carbocycles. The topological polar surface area (TPSA) is 60.9 Å². The van der Waals surface area contributed by atoms with Crippen LogP contribution >= 0.6 is 0 Å². The van der Waals surface area contributed by atoms with Crippen LogP contribution in [0.2, 0.25) is 0 Å². The molecule has 3 heterocycles. The molecule has 0 spiro atoms. The molecule has 0 atom stereocenters. The monoisotopic (exact) mass is 332 g/mol. The number of aryl methyl sites for hydroxylation is 5. The summed E-state index contributed by atoms with van der Waals surface area (Å²) in [5.74, 6) is 1.72. The fraction of sp³-hybridized carbons (Fsp3) is 0.263. The van der Waals surface area contributed by atoms with Crippen LogP contribution in [0.3, 0.4) is 0 Å². The van der Waals surface area contributed by atoms with E-state index < -0.39 is 0 Å². The molecule has 0 amide bonds. The molecule has 0 N–H and O–H groups in total. The zero-order valence-corrected chi connectivity index (χ0v) is 14.6. The lowest BCUT2D eigenvalue weighted by Gasteiger charge is -2.02. The normalized spacial score (nSPS) is 11.3. The van der Waals surface area contributed by atoms with Crippen LogP contribution in [0.1, 0.15) is 22.9 Å². The van der Waals surface area contributed by atoms with E-state index in [1.54, 1.807) is 0 Å². The standard InChI is InChI=1S/C19H20N6/c1-13-14(2)25-18(20-13)12-10-16(22-25)9-11-17-21-19(23-24(17)3)15-7-5-4-6-8-15/h4-8,10,12H,9,11H2,1-3H3. The highest BCUT2D eigenvalue weighted by atomic mass is 15.3. The molecule has 0 unspecified atom stereocenters. The minimum atomic E-state index is 0.766. The highest BCUT2D eigenvalue weighted by Crippen LogP contribution is 2.16. The number of fused-ring (bicyclic) bond motifs is 1. The van der Waals surface area contributed by atoms with E-state index in [4.69, 9.17) is 5.10 Å². The highest BCUT2D eigenvalue weighted by molar-refractivity contribution is 5.54. The van der Waals surface area contributed by atoms with E-state index in [0.717, 1.165) is 52.8 Å². The Labute approximate surface area is 146 Å². The molecule has 0 aliphatic heterocycles. The van der Waals surface area contributed by atoms with E-state index in [1.807, 2.05) is 72.6 Å². The van der Waals surface area contributed by atoms with Crippen LogP contribution in [0.25, 0.3) is 17.0 Å². The molecule has 4 rings (SSSR count). The van der Waals surface area contributed by atoms with Crippen molar-refractivity contribution in [3.8, 4) is 11.4 Å². The Bertz CT molecular complexity index is 1030. The van der Waals surface area contributed by atoms with Gasteiger partial charge >= 0.3 is 0 Å². The van der Waals surface area contributed by atoms with Crippen molar-refractivity contribution in [2.24, 2.45) is 7.05 Å². The average molecular weight is 332 g/mol. The second-order valence-corrected chi connectivity index (χ2v) is 6.22. The van der Waals surface area contributed by atoms with Crippen LogP contribution in [-0.4, -0.2) is 29.4 Å². The Balaban J connectivity index is 1.55. The summed E-state index contributed by atoms with van der Waals surface area (Å²) in [5, 5.41) is 9.23. The summed E-state index contributed by atoms with van der Waals surface area (Å²) in [6.07, 6.45) is 1.61. The molecule has 25 heavy (non-hydrogen) atoms. The van der Waals surface area contributed by atoms with Gasteiger partial charge in [0, 0.05) is 19.0 Å². The number of imidazole rings is 1. The SMILES string of the molecule is Cc1nc2ccc(CCc3nc(-c4ccccc4)nn3C)nn2c1C. The maximum absolute atomic E-state index is 4.70. The third-order valence-electron chi connectivity index (χ3n) is 4.48. The third kappa shape index (κ3) is 2.91. The van der Waals surface area contributed by atoms with Gasteiger partial charge in [0.05, 0.1) is 17.1 Å². The number of rotatable bonds is 4. The number of aromatic nitrogens is 6. The lowest BCUT2D eigenvalue weighted by atomic mass is 10.2. The Morgan fingerprint density at radius 3 is 2.48 bits per heavy atom. The summed E-state index contributed by atoms with van der Waals surface area (Å²) in [6.45, 7) is 4.05. The first kappa shape index (κ1) is 15.5. The zero-order valence-electron chi connectivity index (χ0n) is 14.6. The third-order valence-corrected chi connectivity index (χ3v) is 4.48. The van der Waals surface area contributed by atoms with Gasteiger partial charge in [-0.25, -0.2) is 14.5 Å². The van der Waals surface area contributed by atoms with Crippen molar-refractivity contribution in [3.05, 3.63) is 65.4 Å². The molecule has 126 valence electrons. The van der Waals surface area contributed by atoms with Crippen LogP contribution in [-0.2, 0) is 19.9 Å². The largest absolute Gasteiger partial charge is 0.253 e. The Hall–Kier alpha value is -3.02. The van der Waals surface area contributed by atoms with Gasteiger partial charge < -0.3 is 0 Å². The molecule has 6 nitrogen and oxygen atoms in total. The van der Waals surface area contributed by atoms with Crippen LogP contribution in [0, 0.1) is 13.8 Å². The molecule has 0 radical (unpaired) electrons. The quantitative estimate of drug-likeness (QED) is 0.576. The van der Waals surface area contributed by atoms with Crippen molar-refractivity contribution in [1.82, 2.24) is 29.4 Å². The van der Waals surface area contributed by atoms with Crippen molar-refractivity contribution in [1.29, 1.82) is 0 Å². The second kappa shape index (κ2) is 6.12. The van der Waals surface area contributed by atoms with Crippen molar-refractivity contribution in [2.75, 3.05) is 0 Å². The van der Waals surface area contributed by atoms with Gasteiger partial charge in [0.1, 0.15) is 5.82 Å². The Kier molecular flexibility index (Phi) is 3.80. The molecule has 0 fully saturated rings. The summed E-state index contributed by atoms with van der Waals surface area (Å²) < 4.78 is 3.77. The van der Waals surface area contributed by atoms with Crippen molar-refractivity contribution in [2.45, 2.75) is 26.7 Å². The maximum Gasteiger partial charge on any atom is 0.181 e. The molecule has 0 bridgehead atoms. The Morgan fingerprint density at radius 1 is 0.880 bits per heavy atom. The lowest BCUT2D eigenvalue weighted by molar-refractivity contribution is 0.684. The number of hydrogen-bond donors (Lipinski definition) is 0. The fourth-order valence-corrected chi connectivity index (χ4v) is 2.91. The predicted molar refractivity (Wildman–Crippen MR) is 96.3 cm³/mol. The van der Waals surface area contributed by atoms with Crippen LogP contribution in [0.5, 0.6) is 0 Å². The first-order chi connectivity index (χ1) is 12.1. The van der Waals surface area contributed by atoms with Crippen molar-refractivity contribution >= 4 is 5.65 Å². The summed E-state index contributed by atoms with van der Waals surface area (Å²) in [5.41, 5.74) is 5.06. The summed E-state index contributed by atoms with van der Waals surface area (Å²) >= 11 is 0. The maximum atomic E-state index is 4.70. The molecule has 0 saturated carbocycles. The average Bonchev–Trinajstić information content (AvgIpc) is 3.14. The smallest absolute Gasteiger partial charge is 0.181 e. The van der Waals surface area contributed by atoms with Gasteiger partial charge in [0.2, 0.25) is 0 Å². The van der Waals surface area contributed by atoms with Crippen molar-refractivity contribution < 1.29 is 0 Å². The highest BCUT2D eigenvalue weighted by Gasteiger charge is 2.11. The van der Waals surface area contributed by atoms with Crippen LogP contribution < -0.4 is 0 Å². The molecular weight excluding hydrogens is 312 g/mol. The van der Waals surface area contributed by atoms with Gasteiger partial charge in [0.25, 0.3) is 0 Å². The number of benzene rings is 1. The van der Waals surface area contributed by atoms with E-state index in [0.29, 0.717) is 0 Å². The van der Waals surface area contributed by atoms with Gasteiger partial charge in [-0.1, -0.05) is 30.3 Å². The van der Waals surface area contributed by atoms with E-state index in [1.165, 1.54) is 0 Å². The molecule has 3 aromatic heterocycles. The van der Waals surface area contributed by atoms with Crippen LogP contribution in [0.4, 0.5) is 0 Å². The van der Waals surface area contributed by atoms with Gasteiger partial charge in [-0.3, -0.25) is 4.68 Å². The van der Waals surface area contributed by atoms with Crippen molar-refractivity contribution in [3.63, 3.8) is 0 Å². The molecule has 4 aromatic rings. The molecule has 0 aliphatic carbocycles. The van der Waals surface area contributed by atoms with E-state index >= 15 is 0 Å². The minimum Gasteiger partial charge on any atom is -0.253 e. The predicted octanol–water partition coefficient (Wildman–Crippen LogP) is 2.93. The zero-order chi connectivity index (χ0) is 17.4. The van der Waals surface area contributed by atoms with Gasteiger partial charge in [-0.05, 0) is 32.4 Å². The van der Waals surface area contributed by atoms with Gasteiger partial charge in [-0.2, -0.15) is 10.2 Å². The first-order valence-corrected chi connectivity index (χ1v) is 8.39. The Morgan fingerprint density at radius 2 is 1.68 bits per heavy atom.